The van der Waals surface area contributed by atoms with Gasteiger partial charge in [0.05, 0.1) is 26.3 Å². The first kappa shape index (κ1) is 16.3. The smallest absolute Gasteiger partial charge is 0.236 e. The standard InChI is InChI=1S/C16H21N5O3/c1-23-13-7-11-12(8-14(13)24-2)18-10-19-16(11)21-5-3-20(4-6-21)15(22)9-17/h7-8,10H,3-6,9,17H2,1-2H3. The topological polar surface area (TPSA) is 93.8 Å². The van der Waals surface area contributed by atoms with Crippen LogP contribution in [0.1, 0.15) is 0 Å². The number of methoxy groups -OCH3 is 2. The summed E-state index contributed by atoms with van der Waals surface area (Å²) < 4.78 is 10.7. The number of aromatic nitrogens is 2. The van der Waals surface area contributed by atoms with Crippen molar-refractivity contribution in [1.29, 1.82) is 0 Å². The predicted octanol–water partition coefficient (Wildman–Crippen LogP) is 0.254. The van der Waals surface area contributed by atoms with E-state index >= 15 is 0 Å². The normalized spacial score (nSPS) is 14.8. The van der Waals surface area contributed by atoms with Crippen molar-refractivity contribution in [2.45, 2.75) is 0 Å². The molecule has 0 aliphatic carbocycles. The molecule has 0 radical (unpaired) electrons. The molecule has 0 bridgehead atoms. The molecular weight excluding hydrogens is 310 g/mol. The lowest BCUT2D eigenvalue weighted by molar-refractivity contribution is -0.129. The Morgan fingerprint density at radius 1 is 1.12 bits per heavy atom. The molecule has 8 heteroatoms. The second-order valence-electron chi connectivity index (χ2n) is 5.49. The van der Waals surface area contributed by atoms with Crippen LogP contribution in [-0.2, 0) is 4.79 Å². The number of piperazine rings is 1. The SMILES string of the molecule is COc1cc2ncnc(N3CCN(C(=O)CN)CC3)c2cc1OC. The Hall–Kier alpha value is -2.61. The van der Waals surface area contributed by atoms with Gasteiger partial charge in [0, 0.05) is 37.6 Å². The molecule has 0 unspecified atom stereocenters. The fourth-order valence-electron chi connectivity index (χ4n) is 2.92. The Kier molecular flexibility index (Phi) is 4.66. The van der Waals surface area contributed by atoms with Gasteiger partial charge in [-0.1, -0.05) is 0 Å². The molecule has 3 rings (SSSR count). The Balaban J connectivity index is 1.91. The second kappa shape index (κ2) is 6.88. The molecule has 2 heterocycles. The largest absolute Gasteiger partial charge is 0.493 e. The number of nitrogens with two attached hydrogens (primary N) is 1. The van der Waals surface area contributed by atoms with Crippen molar-refractivity contribution in [1.82, 2.24) is 14.9 Å². The number of amides is 1. The van der Waals surface area contributed by atoms with Gasteiger partial charge < -0.3 is 25.0 Å². The van der Waals surface area contributed by atoms with Crippen LogP contribution in [0.2, 0.25) is 0 Å². The molecule has 1 fully saturated rings. The Bertz CT molecular complexity index is 744. The maximum absolute atomic E-state index is 11.7. The maximum Gasteiger partial charge on any atom is 0.236 e. The van der Waals surface area contributed by atoms with Crippen molar-refractivity contribution in [3.8, 4) is 11.5 Å². The summed E-state index contributed by atoms with van der Waals surface area (Å²) in [6, 6.07) is 3.73. The minimum absolute atomic E-state index is 0.0198. The van der Waals surface area contributed by atoms with Crippen molar-refractivity contribution < 1.29 is 14.3 Å². The van der Waals surface area contributed by atoms with Crippen molar-refractivity contribution in [3.63, 3.8) is 0 Å². The fraction of sp³-hybridized carbons (Fsp3) is 0.438. The van der Waals surface area contributed by atoms with Gasteiger partial charge in [0.2, 0.25) is 5.91 Å². The summed E-state index contributed by atoms with van der Waals surface area (Å²) in [5, 5.41) is 0.897. The molecule has 1 aromatic carbocycles. The summed E-state index contributed by atoms with van der Waals surface area (Å²) in [6.45, 7) is 2.72. The molecule has 1 saturated heterocycles. The number of benzene rings is 1. The van der Waals surface area contributed by atoms with Crippen molar-refractivity contribution in [2.24, 2.45) is 5.73 Å². The summed E-state index contributed by atoms with van der Waals surface area (Å²) in [6.07, 6.45) is 1.54. The highest BCUT2D eigenvalue weighted by molar-refractivity contribution is 5.92. The highest BCUT2D eigenvalue weighted by Crippen LogP contribution is 2.34. The molecule has 1 amide bonds. The lowest BCUT2D eigenvalue weighted by Gasteiger charge is -2.35. The number of anilines is 1. The third kappa shape index (κ3) is 2.92. The number of carbonyl (C=O) groups is 1. The minimum Gasteiger partial charge on any atom is -0.493 e. The second-order valence-corrected chi connectivity index (χ2v) is 5.49. The van der Waals surface area contributed by atoms with Crippen LogP contribution in [0.5, 0.6) is 11.5 Å². The number of nitrogens with zero attached hydrogens (tertiary/aromatic N) is 4. The zero-order chi connectivity index (χ0) is 17.1. The molecule has 0 spiro atoms. The van der Waals surface area contributed by atoms with E-state index in [2.05, 4.69) is 14.9 Å². The molecule has 1 aromatic heterocycles. The summed E-state index contributed by atoms with van der Waals surface area (Å²) in [5.41, 5.74) is 6.22. The third-order valence-corrected chi connectivity index (χ3v) is 4.23. The molecule has 2 aromatic rings. The number of fused-ring (bicyclic) bond motifs is 1. The molecular formula is C16H21N5O3. The number of hydrogen-bond acceptors (Lipinski definition) is 7. The van der Waals surface area contributed by atoms with E-state index in [-0.39, 0.29) is 12.5 Å². The summed E-state index contributed by atoms with van der Waals surface area (Å²) >= 11 is 0. The monoisotopic (exact) mass is 331 g/mol. The first-order valence-corrected chi connectivity index (χ1v) is 7.77. The predicted molar refractivity (Wildman–Crippen MR) is 90.5 cm³/mol. The molecule has 1 aliphatic heterocycles. The van der Waals surface area contributed by atoms with Gasteiger partial charge in [0.1, 0.15) is 12.1 Å². The Morgan fingerprint density at radius 2 is 1.79 bits per heavy atom. The molecule has 8 nitrogen and oxygen atoms in total. The molecule has 128 valence electrons. The van der Waals surface area contributed by atoms with Gasteiger partial charge in [-0.2, -0.15) is 0 Å². The van der Waals surface area contributed by atoms with E-state index < -0.39 is 0 Å². The quantitative estimate of drug-likeness (QED) is 0.858. The highest BCUT2D eigenvalue weighted by Gasteiger charge is 2.23. The number of hydrogen-bond donors (Lipinski definition) is 1. The van der Waals surface area contributed by atoms with Gasteiger partial charge in [-0.15, -0.1) is 0 Å². The fourth-order valence-corrected chi connectivity index (χ4v) is 2.92. The van der Waals surface area contributed by atoms with E-state index in [0.717, 1.165) is 16.7 Å². The molecule has 2 N–H and O–H groups in total. The van der Waals surface area contributed by atoms with Crippen LogP contribution >= 0.6 is 0 Å². The van der Waals surface area contributed by atoms with Crippen LogP contribution in [0.3, 0.4) is 0 Å². The number of ether oxygens (including phenoxy) is 2. The maximum atomic E-state index is 11.7. The zero-order valence-electron chi connectivity index (χ0n) is 13.9. The van der Waals surface area contributed by atoms with Crippen LogP contribution in [0.15, 0.2) is 18.5 Å². The van der Waals surface area contributed by atoms with E-state index in [4.69, 9.17) is 15.2 Å². The van der Waals surface area contributed by atoms with Crippen LogP contribution in [0.25, 0.3) is 10.9 Å². The summed E-state index contributed by atoms with van der Waals surface area (Å²) in [5.74, 6) is 2.08. The van der Waals surface area contributed by atoms with Gasteiger partial charge in [0.25, 0.3) is 0 Å². The van der Waals surface area contributed by atoms with Crippen LogP contribution in [0, 0.1) is 0 Å². The minimum atomic E-state index is -0.0198. The number of carbonyl (C=O) groups excluding carboxylic acids is 1. The molecule has 0 saturated carbocycles. The van der Waals surface area contributed by atoms with Crippen LogP contribution in [0.4, 0.5) is 5.82 Å². The van der Waals surface area contributed by atoms with Crippen LogP contribution in [-0.4, -0.2) is 67.7 Å². The van der Waals surface area contributed by atoms with Crippen LogP contribution < -0.4 is 20.1 Å². The first-order valence-electron chi connectivity index (χ1n) is 7.77. The van der Waals surface area contributed by atoms with Crippen molar-refractivity contribution in [2.75, 3.05) is 51.8 Å². The Labute approximate surface area is 140 Å². The molecule has 24 heavy (non-hydrogen) atoms. The van der Waals surface area contributed by atoms with Gasteiger partial charge in [-0.3, -0.25) is 4.79 Å². The van der Waals surface area contributed by atoms with Crippen molar-refractivity contribution >= 4 is 22.6 Å². The summed E-state index contributed by atoms with van der Waals surface area (Å²) in [7, 11) is 3.20. The van der Waals surface area contributed by atoms with Gasteiger partial charge in [0.15, 0.2) is 11.5 Å². The lowest BCUT2D eigenvalue weighted by Crippen LogP contribution is -2.50. The Morgan fingerprint density at radius 3 is 2.42 bits per heavy atom. The van der Waals surface area contributed by atoms with E-state index in [0.29, 0.717) is 37.7 Å². The first-order chi connectivity index (χ1) is 11.7. The van der Waals surface area contributed by atoms with Gasteiger partial charge in [-0.05, 0) is 6.07 Å². The van der Waals surface area contributed by atoms with Gasteiger partial charge >= 0.3 is 0 Å². The summed E-state index contributed by atoms with van der Waals surface area (Å²) in [4.78, 5) is 24.4. The van der Waals surface area contributed by atoms with E-state index in [1.165, 1.54) is 0 Å². The molecule has 0 atom stereocenters. The van der Waals surface area contributed by atoms with Crippen molar-refractivity contribution in [3.05, 3.63) is 18.5 Å². The molecule has 1 aliphatic rings. The van der Waals surface area contributed by atoms with E-state index in [1.54, 1.807) is 25.4 Å². The van der Waals surface area contributed by atoms with E-state index in [1.807, 2.05) is 12.1 Å². The number of rotatable bonds is 4. The lowest BCUT2D eigenvalue weighted by atomic mass is 10.2. The zero-order valence-corrected chi connectivity index (χ0v) is 13.9. The highest BCUT2D eigenvalue weighted by atomic mass is 16.5. The average Bonchev–Trinajstić information content (AvgIpc) is 2.65. The van der Waals surface area contributed by atoms with Gasteiger partial charge in [-0.25, -0.2) is 9.97 Å². The average molecular weight is 331 g/mol. The van der Waals surface area contributed by atoms with E-state index in [9.17, 15) is 4.79 Å². The third-order valence-electron chi connectivity index (χ3n) is 4.23.